The van der Waals surface area contributed by atoms with Gasteiger partial charge in [0.2, 0.25) is 0 Å². The summed E-state index contributed by atoms with van der Waals surface area (Å²) < 4.78 is 15.9. The predicted octanol–water partition coefficient (Wildman–Crippen LogP) is 4.66. The molecule has 1 amide bonds. The molecule has 10 heteroatoms. The molecule has 1 fully saturated rings. The Morgan fingerprint density at radius 2 is 1.81 bits per heavy atom. The highest BCUT2D eigenvalue weighted by Crippen LogP contribution is 2.44. The maximum atomic E-state index is 13.4. The zero-order chi connectivity index (χ0) is 26.7. The lowest BCUT2D eigenvalue weighted by Gasteiger charge is -2.23. The van der Waals surface area contributed by atoms with Gasteiger partial charge in [-0.2, -0.15) is 0 Å². The highest BCUT2D eigenvalue weighted by atomic mass is 32.1. The van der Waals surface area contributed by atoms with Crippen molar-refractivity contribution < 1.29 is 33.7 Å². The fourth-order valence-corrected chi connectivity index (χ4v) is 5.05. The summed E-state index contributed by atoms with van der Waals surface area (Å²) in [7, 11) is 1.53. The third kappa shape index (κ3) is 4.92. The van der Waals surface area contributed by atoms with E-state index in [0.29, 0.717) is 34.9 Å². The summed E-state index contributed by atoms with van der Waals surface area (Å²) in [4.78, 5) is 45.0. The summed E-state index contributed by atoms with van der Waals surface area (Å²) in [5, 5.41) is 11.5. The summed E-state index contributed by atoms with van der Waals surface area (Å²) in [6.07, 6.45) is 0. The number of nitrogens with zero attached hydrogens (tertiary/aromatic N) is 2. The van der Waals surface area contributed by atoms with Gasteiger partial charge in [0.1, 0.15) is 22.1 Å². The van der Waals surface area contributed by atoms with E-state index in [0.717, 1.165) is 11.3 Å². The Labute approximate surface area is 217 Å². The van der Waals surface area contributed by atoms with Crippen molar-refractivity contribution in [3.63, 3.8) is 0 Å². The second kappa shape index (κ2) is 10.8. The van der Waals surface area contributed by atoms with Gasteiger partial charge < -0.3 is 19.3 Å². The summed E-state index contributed by atoms with van der Waals surface area (Å²) in [5.74, 6) is -1.55. The van der Waals surface area contributed by atoms with Crippen LogP contribution in [0, 0.1) is 6.92 Å². The summed E-state index contributed by atoms with van der Waals surface area (Å²) >= 11 is 0.954. The second-order valence-electron chi connectivity index (χ2n) is 8.03. The number of carbonyl (C=O) groups is 3. The smallest absolute Gasteiger partial charge is 0.350 e. The number of rotatable bonds is 8. The van der Waals surface area contributed by atoms with E-state index in [2.05, 4.69) is 4.98 Å². The van der Waals surface area contributed by atoms with Crippen molar-refractivity contribution in [2.75, 3.05) is 25.2 Å². The minimum atomic E-state index is -0.998. The maximum Gasteiger partial charge on any atom is 0.350 e. The van der Waals surface area contributed by atoms with Crippen molar-refractivity contribution in [2.45, 2.75) is 26.8 Å². The molecule has 1 aromatic heterocycles. The number of hydrogen-bond acceptors (Lipinski definition) is 9. The molecule has 0 bridgehead atoms. The number of methoxy groups -OCH3 is 1. The van der Waals surface area contributed by atoms with Crippen molar-refractivity contribution in [3.05, 3.63) is 75.8 Å². The number of benzene rings is 2. The SMILES string of the molecule is CCOC(=O)c1sc(N2C(=O)C(=O)/C(=C(/O)c3cccc(OCC)c3)C2c2ccc(OC)cc2)nc1C. The summed E-state index contributed by atoms with van der Waals surface area (Å²) in [6, 6.07) is 12.5. The van der Waals surface area contributed by atoms with E-state index in [-0.39, 0.29) is 27.9 Å². The lowest BCUT2D eigenvalue weighted by Crippen LogP contribution is -2.29. The molecule has 1 saturated heterocycles. The fraction of sp³-hybridized carbons (Fsp3) is 0.259. The molecule has 2 heterocycles. The first kappa shape index (κ1) is 25.9. The monoisotopic (exact) mass is 522 g/mol. The molecule has 192 valence electrons. The lowest BCUT2D eigenvalue weighted by atomic mass is 9.95. The minimum absolute atomic E-state index is 0.102. The molecule has 0 saturated carbocycles. The van der Waals surface area contributed by atoms with Crippen molar-refractivity contribution in [3.8, 4) is 11.5 Å². The number of aryl methyl sites for hydroxylation is 1. The topological polar surface area (TPSA) is 115 Å². The van der Waals surface area contributed by atoms with E-state index in [1.165, 1.54) is 12.0 Å². The third-order valence-corrected chi connectivity index (χ3v) is 6.88. The van der Waals surface area contributed by atoms with Crippen LogP contribution in [-0.4, -0.2) is 48.1 Å². The van der Waals surface area contributed by atoms with Crippen LogP contribution >= 0.6 is 11.3 Å². The molecule has 0 radical (unpaired) electrons. The number of Topliss-reactive ketones (excluding diaryl/α,β-unsaturated/α-hetero) is 1. The Balaban J connectivity index is 1.89. The lowest BCUT2D eigenvalue weighted by molar-refractivity contribution is -0.132. The number of hydrogen-bond donors (Lipinski definition) is 1. The van der Waals surface area contributed by atoms with Gasteiger partial charge in [-0.05, 0) is 50.6 Å². The third-order valence-electron chi connectivity index (χ3n) is 5.75. The van der Waals surface area contributed by atoms with Crippen LogP contribution in [0.4, 0.5) is 5.13 Å². The molecule has 3 aromatic rings. The molecule has 1 N–H and O–H groups in total. The Morgan fingerprint density at radius 1 is 1.08 bits per heavy atom. The van der Waals surface area contributed by atoms with E-state index < -0.39 is 23.7 Å². The Kier molecular flexibility index (Phi) is 7.58. The van der Waals surface area contributed by atoms with E-state index >= 15 is 0 Å². The molecular formula is C27H26N2O7S. The Morgan fingerprint density at radius 3 is 2.46 bits per heavy atom. The van der Waals surface area contributed by atoms with Gasteiger partial charge in [-0.3, -0.25) is 14.5 Å². The van der Waals surface area contributed by atoms with Gasteiger partial charge in [-0.1, -0.05) is 35.6 Å². The fourth-order valence-electron chi connectivity index (χ4n) is 4.06. The largest absolute Gasteiger partial charge is 0.507 e. The zero-order valence-electron chi connectivity index (χ0n) is 20.8. The number of carbonyl (C=O) groups excluding carboxylic acids is 3. The average Bonchev–Trinajstić information content (AvgIpc) is 3.41. The number of thiazole rings is 1. The van der Waals surface area contributed by atoms with Gasteiger partial charge >= 0.3 is 11.9 Å². The highest BCUT2D eigenvalue weighted by Gasteiger charge is 2.48. The number of ketones is 1. The van der Waals surface area contributed by atoms with Crippen molar-refractivity contribution in [2.24, 2.45) is 0 Å². The van der Waals surface area contributed by atoms with Crippen LogP contribution in [0.3, 0.4) is 0 Å². The predicted molar refractivity (Wildman–Crippen MR) is 138 cm³/mol. The molecule has 9 nitrogen and oxygen atoms in total. The Hall–Kier alpha value is -4.18. The van der Waals surface area contributed by atoms with E-state index in [1.54, 1.807) is 62.4 Å². The van der Waals surface area contributed by atoms with Crippen LogP contribution < -0.4 is 14.4 Å². The first-order valence-electron chi connectivity index (χ1n) is 11.6. The highest BCUT2D eigenvalue weighted by molar-refractivity contribution is 7.17. The number of anilines is 1. The molecule has 37 heavy (non-hydrogen) atoms. The number of ether oxygens (including phenoxy) is 3. The average molecular weight is 523 g/mol. The van der Waals surface area contributed by atoms with Crippen molar-refractivity contribution >= 4 is 39.9 Å². The van der Waals surface area contributed by atoms with E-state index in [9.17, 15) is 19.5 Å². The molecular weight excluding hydrogens is 496 g/mol. The molecule has 1 aliphatic rings. The van der Waals surface area contributed by atoms with Crippen molar-refractivity contribution in [1.29, 1.82) is 0 Å². The van der Waals surface area contributed by atoms with Crippen LogP contribution in [0.5, 0.6) is 11.5 Å². The maximum absolute atomic E-state index is 13.4. The van der Waals surface area contributed by atoms with Gasteiger partial charge in [0.05, 0.1) is 37.6 Å². The Bertz CT molecular complexity index is 1380. The van der Waals surface area contributed by atoms with Gasteiger partial charge in [-0.15, -0.1) is 0 Å². The number of esters is 1. The quantitative estimate of drug-likeness (QED) is 0.197. The number of aromatic nitrogens is 1. The number of aliphatic hydroxyl groups is 1. The summed E-state index contributed by atoms with van der Waals surface area (Å²) in [5.41, 5.74) is 1.14. The normalized spacial score (nSPS) is 16.6. The molecule has 2 aromatic carbocycles. The first-order valence-corrected chi connectivity index (χ1v) is 12.4. The molecule has 1 atom stereocenters. The molecule has 0 spiro atoms. The second-order valence-corrected chi connectivity index (χ2v) is 9.01. The van der Waals surface area contributed by atoms with Crippen LogP contribution in [0.1, 0.15) is 46.4 Å². The first-order chi connectivity index (χ1) is 17.8. The number of aliphatic hydroxyl groups excluding tert-OH is 1. The van der Waals surface area contributed by atoms with Crippen LogP contribution in [-0.2, 0) is 14.3 Å². The minimum Gasteiger partial charge on any atom is -0.507 e. The van der Waals surface area contributed by atoms with Gasteiger partial charge in [-0.25, -0.2) is 9.78 Å². The molecule has 0 aliphatic carbocycles. The van der Waals surface area contributed by atoms with Gasteiger partial charge in [0.15, 0.2) is 5.13 Å². The van der Waals surface area contributed by atoms with Crippen LogP contribution in [0.2, 0.25) is 0 Å². The summed E-state index contributed by atoms with van der Waals surface area (Å²) in [6.45, 7) is 5.76. The molecule has 1 aliphatic heterocycles. The van der Waals surface area contributed by atoms with Crippen molar-refractivity contribution in [1.82, 2.24) is 4.98 Å². The van der Waals surface area contributed by atoms with Crippen LogP contribution in [0.15, 0.2) is 54.1 Å². The molecule has 1 unspecified atom stereocenters. The number of amides is 1. The van der Waals surface area contributed by atoms with E-state index in [4.69, 9.17) is 14.2 Å². The standard InChI is InChI=1S/C27H26N2O7S/c1-5-35-19-9-7-8-17(14-19)22(30)20-21(16-10-12-18(34-4)13-11-16)29(25(32)23(20)31)27-28-15(3)24(37-27)26(33)36-6-2/h7-14,21,30H,5-6H2,1-4H3/b22-20+. The van der Waals surface area contributed by atoms with Gasteiger partial charge in [0.25, 0.3) is 5.78 Å². The van der Waals surface area contributed by atoms with Gasteiger partial charge in [0, 0.05) is 5.56 Å². The van der Waals surface area contributed by atoms with E-state index in [1.807, 2.05) is 6.92 Å². The zero-order valence-corrected chi connectivity index (χ0v) is 21.6. The molecule has 4 rings (SSSR count). The van der Waals surface area contributed by atoms with Crippen LogP contribution in [0.25, 0.3) is 5.76 Å².